The number of anilines is 1. The fourth-order valence-corrected chi connectivity index (χ4v) is 2.26. The summed E-state index contributed by atoms with van der Waals surface area (Å²) in [7, 11) is 1.34. The Morgan fingerprint density at radius 2 is 2.20 bits per heavy atom. The van der Waals surface area contributed by atoms with Crippen molar-refractivity contribution >= 4 is 17.6 Å². The Morgan fingerprint density at radius 1 is 1.45 bits per heavy atom. The van der Waals surface area contributed by atoms with Gasteiger partial charge in [-0.1, -0.05) is 26.0 Å². The van der Waals surface area contributed by atoms with Crippen molar-refractivity contribution in [3.63, 3.8) is 0 Å². The predicted octanol–water partition coefficient (Wildman–Crippen LogP) is 2.10. The molecule has 0 atom stereocenters. The third-order valence-electron chi connectivity index (χ3n) is 3.35. The lowest BCUT2D eigenvalue weighted by atomic mass is 10.00. The van der Waals surface area contributed by atoms with Gasteiger partial charge in [0.2, 0.25) is 0 Å². The summed E-state index contributed by atoms with van der Waals surface area (Å²) in [5.74, 6) is 0.584. The fraction of sp³-hybridized carbons (Fsp3) is 0.467. The maximum absolute atomic E-state index is 12.0. The van der Waals surface area contributed by atoms with Gasteiger partial charge in [0.05, 0.1) is 19.2 Å². The number of esters is 1. The standard InChI is InChI=1S/C15H19NO4/c1-10(2)11-5-4-6-12-15(11)20-9-13(17)16(12)8-7-14(18)19-3/h4-6,10H,7-9H2,1-3H3. The van der Waals surface area contributed by atoms with Gasteiger partial charge in [0.15, 0.2) is 6.61 Å². The minimum atomic E-state index is -0.328. The summed E-state index contributed by atoms with van der Waals surface area (Å²) in [6, 6.07) is 5.74. The Hall–Kier alpha value is -2.04. The van der Waals surface area contributed by atoms with E-state index in [1.54, 1.807) is 4.90 Å². The monoisotopic (exact) mass is 277 g/mol. The van der Waals surface area contributed by atoms with Gasteiger partial charge < -0.3 is 14.4 Å². The van der Waals surface area contributed by atoms with Gasteiger partial charge in [-0.2, -0.15) is 0 Å². The Morgan fingerprint density at radius 3 is 2.85 bits per heavy atom. The third-order valence-corrected chi connectivity index (χ3v) is 3.35. The van der Waals surface area contributed by atoms with Crippen LogP contribution >= 0.6 is 0 Å². The van der Waals surface area contributed by atoms with Crippen LogP contribution in [0, 0.1) is 0 Å². The van der Waals surface area contributed by atoms with Crippen molar-refractivity contribution in [3.8, 4) is 5.75 Å². The van der Waals surface area contributed by atoms with Gasteiger partial charge in [-0.05, 0) is 17.5 Å². The summed E-state index contributed by atoms with van der Waals surface area (Å²) in [5, 5.41) is 0. The Bertz CT molecular complexity index is 525. The molecular weight excluding hydrogens is 258 g/mol. The first kappa shape index (κ1) is 14.4. The first-order valence-corrected chi connectivity index (χ1v) is 6.67. The lowest BCUT2D eigenvalue weighted by Crippen LogP contribution is -2.40. The molecule has 0 radical (unpaired) electrons. The molecule has 0 saturated carbocycles. The van der Waals surface area contributed by atoms with Gasteiger partial charge in [0.25, 0.3) is 5.91 Å². The molecule has 1 aromatic carbocycles. The van der Waals surface area contributed by atoms with Crippen molar-refractivity contribution in [2.75, 3.05) is 25.2 Å². The molecule has 0 N–H and O–H groups in total. The van der Waals surface area contributed by atoms with E-state index in [4.69, 9.17) is 4.74 Å². The van der Waals surface area contributed by atoms with Crippen LogP contribution < -0.4 is 9.64 Å². The average Bonchev–Trinajstić information content (AvgIpc) is 2.44. The van der Waals surface area contributed by atoms with Crippen LogP contribution in [0.1, 0.15) is 31.7 Å². The van der Waals surface area contributed by atoms with Crippen molar-refractivity contribution < 1.29 is 19.1 Å². The summed E-state index contributed by atoms with van der Waals surface area (Å²) in [4.78, 5) is 24.8. The summed E-state index contributed by atoms with van der Waals surface area (Å²) in [6.45, 7) is 4.48. The van der Waals surface area contributed by atoms with E-state index in [0.29, 0.717) is 12.5 Å². The predicted molar refractivity (Wildman–Crippen MR) is 75.0 cm³/mol. The van der Waals surface area contributed by atoms with E-state index < -0.39 is 0 Å². The lowest BCUT2D eigenvalue weighted by Gasteiger charge is -2.31. The normalized spacial score (nSPS) is 14.0. The number of hydrogen-bond acceptors (Lipinski definition) is 4. The van der Waals surface area contributed by atoms with Gasteiger partial charge in [0, 0.05) is 6.54 Å². The molecular formula is C15H19NO4. The van der Waals surface area contributed by atoms with E-state index in [0.717, 1.165) is 17.0 Å². The molecule has 1 aliphatic rings. The number of para-hydroxylation sites is 1. The number of hydrogen-bond donors (Lipinski definition) is 0. The largest absolute Gasteiger partial charge is 0.481 e. The topological polar surface area (TPSA) is 55.8 Å². The van der Waals surface area contributed by atoms with E-state index in [1.807, 2.05) is 18.2 Å². The van der Waals surface area contributed by atoms with Gasteiger partial charge in [-0.15, -0.1) is 0 Å². The van der Waals surface area contributed by atoms with Crippen LogP contribution in [-0.2, 0) is 14.3 Å². The first-order chi connectivity index (χ1) is 9.54. The molecule has 0 fully saturated rings. The van der Waals surface area contributed by atoms with Crippen molar-refractivity contribution in [1.82, 2.24) is 0 Å². The van der Waals surface area contributed by atoms with Crippen LogP contribution in [0.3, 0.4) is 0 Å². The molecule has 1 heterocycles. The summed E-state index contributed by atoms with van der Waals surface area (Å²) in [5.41, 5.74) is 1.80. The van der Waals surface area contributed by atoms with E-state index >= 15 is 0 Å². The van der Waals surface area contributed by atoms with Gasteiger partial charge >= 0.3 is 5.97 Å². The summed E-state index contributed by atoms with van der Waals surface area (Å²) < 4.78 is 10.2. The number of rotatable bonds is 4. The number of ether oxygens (including phenoxy) is 2. The molecule has 1 amide bonds. The number of amides is 1. The fourth-order valence-electron chi connectivity index (χ4n) is 2.26. The second-order valence-corrected chi connectivity index (χ2v) is 5.01. The molecule has 0 spiro atoms. The maximum Gasteiger partial charge on any atom is 0.307 e. The third kappa shape index (κ3) is 2.76. The minimum absolute atomic E-state index is 0.0118. The van der Waals surface area contributed by atoms with Gasteiger partial charge in [0.1, 0.15) is 5.75 Å². The Balaban J connectivity index is 2.29. The summed E-state index contributed by atoms with van der Waals surface area (Å²) >= 11 is 0. The Labute approximate surface area is 118 Å². The maximum atomic E-state index is 12.0. The number of carbonyl (C=O) groups is 2. The zero-order valence-corrected chi connectivity index (χ0v) is 12.0. The molecule has 2 rings (SSSR count). The zero-order valence-electron chi connectivity index (χ0n) is 12.0. The van der Waals surface area contributed by atoms with E-state index in [-0.39, 0.29) is 24.9 Å². The number of nitrogens with zero attached hydrogens (tertiary/aromatic N) is 1. The van der Waals surface area contributed by atoms with E-state index in [1.165, 1.54) is 7.11 Å². The van der Waals surface area contributed by atoms with Crippen molar-refractivity contribution in [2.45, 2.75) is 26.2 Å². The number of methoxy groups -OCH3 is 1. The molecule has 108 valence electrons. The van der Waals surface area contributed by atoms with Crippen molar-refractivity contribution in [1.29, 1.82) is 0 Å². The van der Waals surface area contributed by atoms with Crippen LogP contribution in [0.2, 0.25) is 0 Å². The van der Waals surface area contributed by atoms with Gasteiger partial charge in [-0.3, -0.25) is 9.59 Å². The molecule has 0 aromatic heterocycles. The second-order valence-electron chi connectivity index (χ2n) is 5.01. The van der Waals surface area contributed by atoms with Crippen LogP contribution in [0.15, 0.2) is 18.2 Å². The SMILES string of the molecule is COC(=O)CCN1C(=O)COc2c(C(C)C)cccc21. The molecule has 0 saturated heterocycles. The molecule has 1 aliphatic heterocycles. The van der Waals surface area contributed by atoms with Crippen molar-refractivity contribution in [3.05, 3.63) is 23.8 Å². The van der Waals surface area contributed by atoms with Crippen molar-refractivity contribution in [2.24, 2.45) is 0 Å². The molecule has 5 heteroatoms. The van der Waals surface area contributed by atoms with E-state index in [9.17, 15) is 9.59 Å². The first-order valence-electron chi connectivity index (χ1n) is 6.67. The molecule has 0 bridgehead atoms. The Kier molecular flexibility index (Phi) is 4.27. The van der Waals surface area contributed by atoms with Crippen LogP contribution in [-0.4, -0.2) is 32.1 Å². The second kappa shape index (κ2) is 5.94. The average molecular weight is 277 g/mol. The van der Waals surface area contributed by atoms with Crippen LogP contribution in [0.25, 0.3) is 0 Å². The minimum Gasteiger partial charge on any atom is -0.481 e. The summed E-state index contributed by atoms with van der Waals surface area (Å²) in [6.07, 6.45) is 0.174. The molecule has 5 nitrogen and oxygen atoms in total. The highest BCUT2D eigenvalue weighted by atomic mass is 16.5. The van der Waals surface area contributed by atoms with E-state index in [2.05, 4.69) is 18.6 Å². The zero-order chi connectivity index (χ0) is 14.7. The quantitative estimate of drug-likeness (QED) is 0.791. The van der Waals surface area contributed by atoms with Crippen LogP contribution in [0.5, 0.6) is 5.75 Å². The van der Waals surface area contributed by atoms with Gasteiger partial charge in [-0.25, -0.2) is 0 Å². The highest BCUT2D eigenvalue weighted by Gasteiger charge is 2.28. The number of carbonyl (C=O) groups excluding carboxylic acids is 2. The molecule has 1 aromatic rings. The molecule has 20 heavy (non-hydrogen) atoms. The number of benzene rings is 1. The smallest absolute Gasteiger partial charge is 0.307 e. The van der Waals surface area contributed by atoms with Crippen LogP contribution in [0.4, 0.5) is 5.69 Å². The highest BCUT2D eigenvalue weighted by molar-refractivity contribution is 5.98. The molecule has 0 aliphatic carbocycles. The lowest BCUT2D eigenvalue weighted by molar-refractivity contribution is -0.140. The number of fused-ring (bicyclic) bond motifs is 1. The highest BCUT2D eigenvalue weighted by Crippen LogP contribution is 2.38. The molecule has 0 unspecified atom stereocenters.